The average Bonchev–Trinajstić information content (AvgIpc) is 2.34. The number of aromatic nitrogens is 2. The van der Waals surface area contributed by atoms with Gasteiger partial charge in [0, 0.05) is 0 Å². The van der Waals surface area contributed by atoms with E-state index >= 15 is 0 Å². The molecule has 0 aliphatic heterocycles. The van der Waals surface area contributed by atoms with Gasteiger partial charge in [-0.1, -0.05) is 0 Å². The summed E-state index contributed by atoms with van der Waals surface area (Å²) >= 11 is 0. The van der Waals surface area contributed by atoms with Crippen molar-refractivity contribution in [2.24, 2.45) is 12.5 Å². The third-order valence-electron chi connectivity index (χ3n) is 1.98. The molecule has 13 heavy (non-hydrogen) atoms. The molecular formula is C9H15N2O2+. The van der Waals surface area contributed by atoms with Crippen molar-refractivity contribution in [1.29, 1.82) is 0 Å². The van der Waals surface area contributed by atoms with Crippen molar-refractivity contribution in [3.8, 4) is 0 Å². The molecule has 72 valence electrons. The van der Waals surface area contributed by atoms with E-state index in [0.717, 1.165) is 0 Å². The Kier molecular flexibility index (Phi) is 2.40. The van der Waals surface area contributed by atoms with Crippen LogP contribution in [0.4, 0.5) is 0 Å². The second kappa shape index (κ2) is 3.20. The Morgan fingerprint density at radius 3 is 2.62 bits per heavy atom. The van der Waals surface area contributed by atoms with Crippen LogP contribution in [-0.4, -0.2) is 15.6 Å². The maximum Gasteiger partial charge on any atom is 0.313 e. The summed E-state index contributed by atoms with van der Waals surface area (Å²) < 4.78 is 3.76. The lowest BCUT2D eigenvalue weighted by Crippen LogP contribution is -2.30. The van der Waals surface area contributed by atoms with Crippen LogP contribution in [0.2, 0.25) is 0 Å². The fourth-order valence-electron chi connectivity index (χ4n) is 1.12. The van der Waals surface area contributed by atoms with Crippen molar-refractivity contribution >= 4 is 5.97 Å². The number of imidazole rings is 1. The number of aryl methyl sites for hydroxylation is 1. The molecule has 0 atom stereocenters. The highest BCUT2D eigenvalue weighted by molar-refractivity contribution is 5.73. The van der Waals surface area contributed by atoms with Crippen LogP contribution in [0.25, 0.3) is 0 Å². The van der Waals surface area contributed by atoms with Gasteiger partial charge in [-0.05, 0) is 13.8 Å². The molecule has 0 bridgehead atoms. The molecule has 1 rings (SSSR count). The highest BCUT2D eigenvalue weighted by Crippen LogP contribution is 2.17. The molecule has 0 amide bonds. The fraction of sp³-hybridized carbons (Fsp3) is 0.556. The molecule has 0 unspecified atom stereocenters. The minimum absolute atomic E-state index is 0.489. The van der Waals surface area contributed by atoms with Gasteiger partial charge in [-0.2, -0.15) is 0 Å². The number of carboxylic acids is 1. The molecule has 0 spiro atoms. The standard InChI is InChI=1S/C9H14N2O2/c1-9(2,8(12)13)6-11-5-4-10(3)7-11/h4-5,7H,6H2,1-3H3/p+1. The first-order valence-corrected chi connectivity index (χ1v) is 4.16. The van der Waals surface area contributed by atoms with E-state index in [4.69, 9.17) is 5.11 Å². The molecule has 1 aromatic rings. The quantitative estimate of drug-likeness (QED) is 0.690. The Hall–Kier alpha value is -1.32. The summed E-state index contributed by atoms with van der Waals surface area (Å²) in [7, 11) is 1.91. The molecule has 1 heterocycles. The zero-order chi connectivity index (χ0) is 10.1. The minimum atomic E-state index is -0.774. The van der Waals surface area contributed by atoms with E-state index in [1.165, 1.54) is 0 Å². The average molecular weight is 183 g/mol. The topological polar surface area (TPSA) is 46.1 Å². The Bertz CT molecular complexity index is 315. The SMILES string of the molecule is C[n+]1ccn(CC(C)(C)C(=O)O)c1. The van der Waals surface area contributed by atoms with Crippen molar-refractivity contribution in [3.05, 3.63) is 18.7 Å². The predicted octanol–water partition coefficient (Wildman–Crippen LogP) is 0.423. The van der Waals surface area contributed by atoms with Crippen molar-refractivity contribution in [1.82, 2.24) is 4.57 Å². The predicted molar refractivity (Wildman–Crippen MR) is 47.0 cm³/mol. The smallest absolute Gasteiger partial charge is 0.313 e. The van der Waals surface area contributed by atoms with Crippen LogP contribution >= 0.6 is 0 Å². The first-order valence-electron chi connectivity index (χ1n) is 4.16. The molecule has 1 aromatic heterocycles. The minimum Gasteiger partial charge on any atom is -0.481 e. The second-order valence-electron chi connectivity index (χ2n) is 3.94. The maximum absolute atomic E-state index is 10.8. The van der Waals surface area contributed by atoms with Gasteiger partial charge in [0.2, 0.25) is 6.33 Å². The molecule has 0 aliphatic rings. The van der Waals surface area contributed by atoms with Gasteiger partial charge in [-0.15, -0.1) is 0 Å². The number of aliphatic carboxylic acids is 1. The second-order valence-corrected chi connectivity index (χ2v) is 3.94. The highest BCUT2D eigenvalue weighted by atomic mass is 16.4. The Labute approximate surface area is 77.4 Å². The lowest BCUT2D eigenvalue weighted by Gasteiger charge is -2.15. The fourth-order valence-corrected chi connectivity index (χ4v) is 1.12. The van der Waals surface area contributed by atoms with E-state index < -0.39 is 11.4 Å². The van der Waals surface area contributed by atoms with Gasteiger partial charge >= 0.3 is 5.97 Å². The molecule has 0 saturated carbocycles. The Morgan fingerprint density at radius 1 is 1.62 bits per heavy atom. The van der Waals surface area contributed by atoms with Gasteiger partial charge < -0.3 is 5.11 Å². The van der Waals surface area contributed by atoms with Gasteiger partial charge in [0.1, 0.15) is 18.9 Å². The normalized spacial score (nSPS) is 11.6. The monoisotopic (exact) mass is 183 g/mol. The molecule has 0 radical (unpaired) electrons. The lowest BCUT2D eigenvalue weighted by atomic mass is 9.94. The van der Waals surface area contributed by atoms with Crippen molar-refractivity contribution in [3.63, 3.8) is 0 Å². The van der Waals surface area contributed by atoms with Gasteiger partial charge in [0.25, 0.3) is 0 Å². The number of hydrogen-bond donors (Lipinski definition) is 1. The molecule has 4 heteroatoms. The largest absolute Gasteiger partial charge is 0.481 e. The Balaban J connectivity index is 2.74. The molecule has 0 saturated heterocycles. The number of hydrogen-bond acceptors (Lipinski definition) is 1. The summed E-state index contributed by atoms with van der Waals surface area (Å²) in [5.74, 6) is -0.774. The van der Waals surface area contributed by atoms with E-state index in [-0.39, 0.29) is 0 Å². The van der Waals surface area contributed by atoms with Gasteiger partial charge in [0.15, 0.2) is 0 Å². The van der Waals surface area contributed by atoms with Crippen LogP contribution in [0, 0.1) is 5.41 Å². The Morgan fingerprint density at radius 2 is 2.23 bits per heavy atom. The third-order valence-corrected chi connectivity index (χ3v) is 1.98. The van der Waals surface area contributed by atoms with E-state index in [1.54, 1.807) is 13.8 Å². The van der Waals surface area contributed by atoms with Crippen molar-refractivity contribution in [2.45, 2.75) is 20.4 Å². The van der Waals surface area contributed by atoms with E-state index in [9.17, 15) is 4.79 Å². The zero-order valence-electron chi connectivity index (χ0n) is 8.19. The highest BCUT2D eigenvalue weighted by Gasteiger charge is 2.29. The molecule has 0 fully saturated rings. The van der Waals surface area contributed by atoms with E-state index in [1.807, 2.05) is 34.9 Å². The first-order chi connectivity index (χ1) is 5.92. The van der Waals surface area contributed by atoms with Crippen molar-refractivity contribution in [2.75, 3.05) is 0 Å². The summed E-state index contributed by atoms with van der Waals surface area (Å²) in [6, 6.07) is 0. The number of rotatable bonds is 3. The third kappa shape index (κ3) is 2.31. The molecular weight excluding hydrogens is 168 g/mol. The van der Waals surface area contributed by atoms with E-state index in [0.29, 0.717) is 6.54 Å². The maximum atomic E-state index is 10.8. The number of carboxylic acid groups (broad SMARTS) is 1. The van der Waals surface area contributed by atoms with E-state index in [2.05, 4.69) is 0 Å². The van der Waals surface area contributed by atoms with Crippen LogP contribution in [0.15, 0.2) is 18.7 Å². The summed E-state index contributed by atoms with van der Waals surface area (Å²) in [5, 5.41) is 8.89. The molecule has 0 aromatic carbocycles. The van der Waals surface area contributed by atoms with Crippen LogP contribution in [0.1, 0.15) is 13.8 Å². The number of nitrogens with zero attached hydrogens (tertiary/aromatic N) is 2. The number of carbonyl (C=O) groups is 1. The van der Waals surface area contributed by atoms with Gasteiger partial charge in [0.05, 0.1) is 12.5 Å². The van der Waals surface area contributed by atoms with Crippen LogP contribution in [0.5, 0.6) is 0 Å². The summed E-state index contributed by atoms with van der Waals surface area (Å²) in [6.07, 6.45) is 5.62. The van der Waals surface area contributed by atoms with Gasteiger partial charge in [-0.25, -0.2) is 9.13 Å². The van der Waals surface area contributed by atoms with Crippen LogP contribution in [0.3, 0.4) is 0 Å². The summed E-state index contributed by atoms with van der Waals surface area (Å²) in [6.45, 7) is 3.92. The molecule has 0 aliphatic carbocycles. The zero-order valence-corrected chi connectivity index (χ0v) is 8.19. The molecule has 1 N–H and O–H groups in total. The first kappa shape index (κ1) is 9.77. The molecule has 4 nitrogen and oxygen atoms in total. The van der Waals surface area contributed by atoms with Crippen LogP contribution in [-0.2, 0) is 18.4 Å². The lowest BCUT2D eigenvalue weighted by molar-refractivity contribution is -0.671. The van der Waals surface area contributed by atoms with Crippen LogP contribution < -0.4 is 4.57 Å². The van der Waals surface area contributed by atoms with Crippen molar-refractivity contribution < 1.29 is 14.5 Å². The summed E-state index contributed by atoms with van der Waals surface area (Å²) in [5.41, 5.74) is -0.716. The summed E-state index contributed by atoms with van der Waals surface area (Å²) in [4.78, 5) is 10.8. The van der Waals surface area contributed by atoms with Gasteiger partial charge in [-0.3, -0.25) is 4.79 Å².